The van der Waals surface area contributed by atoms with E-state index < -0.39 is 6.04 Å². The van der Waals surface area contributed by atoms with Gasteiger partial charge in [0.05, 0.1) is 26.0 Å². The maximum Gasteiger partial charge on any atom is 0.323 e. The highest BCUT2D eigenvalue weighted by Crippen LogP contribution is 2.16. The minimum Gasteiger partial charge on any atom is -0.467 e. The van der Waals surface area contributed by atoms with Gasteiger partial charge in [-0.05, 0) is 49.1 Å². The van der Waals surface area contributed by atoms with E-state index in [-0.39, 0.29) is 36.7 Å². The Morgan fingerprint density at radius 3 is 2.38 bits per heavy atom. The van der Waals surface area contributed by atoms with Gasteiger partial charge in [0.25, 0.3) is 0 Å². The summed E-state index contributed by atoms with van der Waals surface area (Å²) in [5.74, 6) is 0.187. The molecule has 0 bridgehead atoms. The van der Waals surface area contributed by atoms with Crippen molar-refractivity contribution in [2.45, 2.75) is 59.7 Å². The van der Waals surface area contributed by atoms with E-state index in [9.17, 15) is 14.0 Å². The Bertz CT molecular complexity index is 821. The number of halogens is 1. The van der Waals surface area contributed by atoms with Crippen molar-refractivity contribution >= 4 is 11.9 Å². The number of furan rings is 1. The quantitative estimate of drug-likeness (QED) is 0.420. The van der Waals surface area contributed by atoms with Crippen LogP contribution in [-0.4, -0.2) is 47.4 Å². The van der Waals surface area contributed by atoms with Crippen LogP contribution in [0.4, 0.5) is 4.39 Å². The Morgan fingerprint density at radius 2 is 1.81 bits per heavy atom. The summed E-state index contributed by atoms with van der Waals surface area (Å²) >= 11 is 0. The molecular formula is C25H35FN2O4. The van der Waals surface area contributed by atoms with Gasteiger partial charge in [0.2, 0.25) is 5.91 Å². The molecule has 1 aromatic carbocycles. The van der Waals surface area contributed by atoms with Gasteiger partial charge in [-0.3, -0.25) is 14.5 Å². The first-order valence-electron chi connectivity index (χ1n) is 11.3. The average molecular weight is 447 g/mol. The molecule has 1 amide bonds. The Morgan fingerprint density at radius 1 is 1.09 bits per heavy atom. The second kappa shape index (κ2) is 13.0. The van der Waals surface area contributed by atoms with Gasteiger partial charge in [-0.25, -0.2) is 4.39 Å². The summed E-state index contributed by atoms with van der Waals surface area (Å²) in [6.07, 6.45) is 2.99. The molecule has 0 fully saturated rings. The fourth-order valence-electron chi connectivity index (χ4n) is 3.64. The van der Waals surface area contributed by atoms with Crippen LogP contribution in [0.3, 0.4) is 0 Å². The van der Waals surface area contributed by atoms with Crippen LogP contribution in [0.2, 0.25) is 0 Å². The second-order valence-corrected chi connectivity index (χ2v) is 8.34. The van der Waals surface area contributed by atoms with Crippen LogP contribution in [0, 0.1) is 11.7 Å². The largest absolute Gasteiger partial charge is 0.467 e. The molecule has 0 saturated heterocycles. The Balaban J connectivity index is 2.24. The Labute approximate surface area is 190 Å². The lowest BCUT2D eigenvalue weighted by molar-refractivity contribution is -0.151. The number of carbonyl (C=O) groups excluding carboxylic acids is 2. The van der Waals surface area contributed by atoms with Crippen LogP contribution in [0.25, 0.3) is 0 Å². The lowest BCUT2D eigenvalue weighted by Gasteiger charge is -2.33. The molecule has 1 atom stereocenters. The highest BCUT2D eigenvalue weighted by Gasteiger charge is 2.30. The normalized spacial score (nSPS) is 12.2. The van der Waals surface area contributed by atoms with Gasteiger partial charge >= 0.3 is 5.97 Å². The lowest BCUT2D eigenvalue weighted by atomic mass is 10.1. The molecule has 1 aromatic heterocycles. The van der Waals surface area contributed by atoms with Gasteiger partial charge in [-0.15, -0.1) is 0 Å². The fourth-order valence-corrected chi connectivity index (χ4v) is 3.64. The highest BCUT2D eigenvalue weighted by atomic mass is 19.1. The number of rotatable bonds is 13. The molecule has 1 unspecified atom stereocenters. The van der Waals surface area contributed by atoms with E-state index in [1.54, 1.807) is 36.3 Å². The van der Waals surface area contributed by atoms with Crippen molar-refractivity contribution in [2.75, 3.05) is 19.7 Å². The molecule has 32 heavy (non-hydrogen) atoms. The molecule has 0 radical (unpaired) electrons. The van der Waals surface area contributed by atoms with Crippen molar-refractivity contribution in [1.82, 2.24) is 9.80 Å². The Kier molecular flexibility index (Phi) is 10.4. The van der Waals surface area contributed by atoms with Crippen LogP contribution in [0.15, 0.2) is 47.1 Å². The lowest BCUT2D eigenvalue weighted by Crippen LogP contribution is -2.49. The number of hydrogen-bond donors (Lipinski definition) is 0. The number of benzene rings is 1. The molecule has 1 heterocycles. The zero-order valence-electron chi connectivity index (χ0n) is 19.6. The number of ether oxygens (including phenoxy) is 1. The van der Waals surface area contributed by atoms with E-state index in [1.807, 2.05) is 17.9 Å². The molecule has 0 saturated carbocycles. The van der Waals surface area contributed by atoms with Crippen LogP contribution in [-0.2, 0) is 27.4 Å². The first-order valence-corrected chi connectivity index (χ1v) is 11.3. The standard InChI is InChI=1S/C25H35FN2O4/c1-5-8-23(25(30)31-6-2)27(15-19(3)4)18-24(29)28(17-22-9-7-14-32-22)16-20-10-12-21(26)13-11-20/h7,9-14,19,23H,5-6,8,15-18H2,1-4H3. The van der Waals surface area contributed by atoms with E-state index in [0.29, 0.717) is 31.9 Å². The molecular weight excluding hydrogens is 411 g/mol. The number of hydrogen-bond acceptors (Lipinski definition) is 5. The summed E-state index contributed by atoms with van der Waals surface area (Å²) in [4.78, 5) is 29.7. The van der Waals surface area contributed by atoms with Gasteiger partial charge in [0.15, 0.2) is 0 Å². The third kappa shape index (κ3) is 8.11. The molecule has 0 aliphatic carbocycles. The first kappa shape index (κ1) is 25.6. The molecule has 0 aliphatic rings. The van der Waals surface area contributed by atoms with Gasteiger partial charge in [0, 0.05) is 13.1 Å². The van der Waals surface area contributed by atoms with Crippen LogP contribution in [0.1, 0.15) is 51.9 Å². The van der Waals surface area contributed by atoms with Crippen molar-refractivity contribution in [2.24, 2.45) is 5.92 Å². The summed E-state index contributed by atoms with van der Waals surface area (Å²) in [5.41, 5.74) is 0.817. The molecule has 7 heteroatoms. The van der Waals surface area contributed by atoms with Gasteiger partial charge in [-0.2, -0.15) is 0 Å². The highest BCUT2D eigenvalue weighted by molar-refractivity contribution is 5.80. The molecule has 6 nitrogen and oxygen atoms in total. The van der Waals surface area contributed by atoms with E-state index in [2.05, 4.69) is 13.8 Å². The zero-order chi connectivity index (χ0) is 23.5. The van der Waals surface area contributed by atoms with Gasteiger partial charge in [-0.1, -0.05) is 39.3 Å². The molecule has 176 valence electrons. The van der Waals surface area contributed by atoms with Crippen LogP contribution >= 0.6 is 0 Å². The number of carbonyl (C=O) groups is 2. The molecule has 0 spiro atoms. The van der Waals surface area contributed by atoms with Crippen molar-refractivity contribution in [3.63, 3.8) is 0 Å². The van der Waals surface area contributed by atoms with Crippen molar-refractivity contribution in [3.8, 4) is 0 Å². The smallest absolute Gasteiger partial charge is 0.323 e. The number of nitrogens with zero attached hydrogens (tertiary/aromatic N) is 2. The molecule has 2 rings (SSSR count). The molecule has 2 aromatic rings. The maximum absolute atomic E-state index is 13.4. The van der Waals surface area contributed by atoms with Crippen molar-refractivity contribution in [1.29, 1.82) is 0 Å². The first-order chi connectivity index (χ1) is 15.3. The predicted molar refractivity (Wildman–Crippen MR) is 121 cm³/mol. The topological polar surface area (TPSA) is 63.0 Å². The summed E-state index contributed by atoms with van der Waals surface area (Å²) < 4.78 is 24.1. The number of esters is 1. The summed E-state index contributed by atoms with van der Waals surface area (Å²) in [7, 11) is 0. The zero-order valence-corrected chi connectivity index (χ0v) is 19.6. The van der Waals surface area contributed by atoms with Crippen LogP contribution < -0.4 is 0 Å². The van der Waals surface area contributed by atoms with E-state index in [0.717, 1.165) is 12.0 Å². The number of amides is 1. The van der Waals surface area contributed by atoms with Gasteiger partial charge in [0.1, 0.15) is 17.6 Å². The minimum absolute atomic E-state index is 0.0869. The predicted octanol–water partition coefficient (Wildman–Crippen LogP) is 4.64. The summed E-state index contributed by atoms with van der Waals surface area (Å²) in [6.45, 7) is 9.51. The molecule has 0 N–H and O–H groups in total. The minimum atomic E-state index is -0.470. The van der Waals surface area contributed by atoms with E-state index in [1.165, 1.54) is 12.1 Å². The van der Waals surface area contributed by atoms with E-state index >= 15 is 0 Å². The third-order valence-corrected chi connectivity index (χ3v) is 5.07. The average Bonchev–Trinajstić information content (AvgIpc) is 3.25. The van der Waals surface area contributed by atoms with E-state index in [4.69, 9.17) is 9.15 Å². The second-order valence-electron chi connectivity index (χ2n) is 8.34. The SMILES string of the molecule is CCCC(C(=O)OCC)N(CC(=O)N(Cc1ccc(F)cc1)Cc1ccco1)CC(C)C. The van der Waals surface area contributed by atoms with Crippen molar-refractivity contribution in [3.05, 3.63) is 59.8 Å². The van der Waals surface area contributed by atoms with Gasteiger partial charge < -0.3 is 14.1 Å². The summed E-state index contributed by atoms with van der Waals surface area (Å²) in [6, 6.07) is 9.23. The maximum atomic E-state index is 13.4. The molecule has 0 aliphatic heterocycles. The Hall–Kier alpha value is -2.67. The monoisotopic (exact) mass is 446 g/mol. The van der Waals surface area contributed by atoms with Crippen molar-refractivity contribution < 1.29 is 23.1 Å². The fraction of sp³-hybridized carbons (Fsp3) is 0.520. The third-order valence-electron chi connectivity index (χ3n) is 5.07. The van der Waals surface area contributed by atoms with Crippen LogP contribution in [0.5, 0.6) is 0 Å². The summed E-state index contributed by atoms with van der Waals surface area (Å²) in [5, 5.41) is 0.